The molecule has 1 aromatic carbocycles. The maximum absolute atomic E-state index is 11.9. The lowest BCUT2D eigenvalue weighted by Crippen LogP contribution is -2.49. The number of rotatable bonds is 8. The minimum Gasteiger partial charge on any atom is -0.497 e. The number of aromatic nitrogens is 2. The Bertz CT molecular complexity index is 703. The molecule has 0 spiro atoms. The number of methoxy groups -OCH3 is 1. The summed E-state index contributed by atoms with van der Waals surface area (Å²) in [4.78, 5) is 25.0. The molecule has 8 heteroatoms. The van der Waals surface area contributed by atoms with Crippen molar-refractivity contribution < 1.29 is 14.3 Å². The second kappa shape index (κ2) is 9.72. The fraction of sp³-hybridized carbons (Fsp3) is 0.421. The number of amides is 1. The lowest BCUT2D eigenvalue weighted by molar-refractivity contribution is -0.123. The van der Waals surface area contributed by atoms with Crippen LogP contribution in [0.1, 0.15) is 0 Å². The summed E-state index contributed by atoms with van der Waals surface area (Å²) in [6, 6.07) is 8.98. The molecule has 0 aliphatic carbocycles. The van der Waals surface area contributed by atoms with E-state index in [1.807, 2.05) is 6.07 Å². The monoisotopic (exact) mass is 371 g/mol. The van der Waals surface area contributed by atoms with Crippen molar-refractivity contribution in [2.45, 2.75) is 0 Å². The number of anilines is 1. The largest absolute Gasteiger partial charge is 0.497 e. The Balaban J connectivity index is 1.30. The molecular weight excluding hydrogens is 346 g/mol. The summed E-state index contributed by atoms with van der Waals surface area (Å²) in [7, 11) is 1.61. The van der Waals surface area contributed by atoms with Gasteiger partial charge in [-0.2, -0.15) is 0 Å². The average Bonchev–Trinajstić information content (AvgIpc) is 2.74. The zero-order valence-electron chi connectivity index (χ0n) is 15.5. The van der Waals surface area contributed by atoms with Crippen molar-refractivity contribution in [1.29, 1.82) is 0 Å². The molecule has 0 atom stereocenters. The number of piperazine rings is 1. The van der Waals surface area contributed by atoms with Crippen molar-refractivity contribution in [3.05, 3.63) is 42.7 Å². The van der Waals surface area contributed by atoms with E-state index in [0.717, 1.165) is 44.4 Å². The third kappa shape index (κ3) is 5.82. The molecule has 2 heterocycles. The number of ether oxygens (including phenoxy) is 2. The highest BCUT2D eigenvalue weighted by atomic mass is 16.5. The van der Waals surface area contributed by atoms with Crippen LogP contribution in [0.25, 0.3) is 0 Å². The summed E-state index contributed by atoms with van der Waals surface area (Å²) >= 11 is 0. The van der Waals surface area contributed by atoms with Gasteiger partial charge in [-0.1, -0.05) is 0 Å². The molecule has 1 aliphatic heterocycles. The van der Waals surface area contributed by atoms with Gasteiger partial charge in [-0.15, -0.1) is 0 Å². The number of carbonyl (C=O) groups excluding carboxylic acids is 1. The van der Waals surface area contributed by atoms with Gasteiger partial charge in [0, 0.05) is 51.7 Å². The Kier molecular flexibility index (Phi) is 6.81. The van der Waals surface area contributed by atoms with Crippen LogP contribution in [0.2, 0.25) is 0 Å². The Hall–Kier alpha value is -2.87. The second-order valence-electron chi connectivity index (χ2n) is 6.19. The molecule has 144 valence electrons. The second-order valence-corrected chi connectivity index (χ2v) is 6.19. The van der Waals surface area contributed by atoms with E-state index in [2.05, 4.69) is 25.1 Å². The molecule has 1 saturated heterocycles. The minimum atomic E-state index is -0.123. The molecule has 1 amide bonds. The first-order chi connectivity index (χ1) is 13.2. The Labute approximate surface area is 159 Å². The molecule has 0 bridgehead atoms. The Morgan fingerprint density at radius 1 is 1.07 bits per heavy atom. The number of benzene rings is 1. The molecule has 1 aliphatic rings. The normalized spacial score (nSPS) is 14.6. The van der Waals surface area contributed by atoms with Crippen LogP contribution in [0.5, 0.6) is 11.5 Å². The van der Waals surface area contributed by atoms with Crippen LogP contribution in [0.3, 0.4) is 0 Å². The molecule has 1 aromatic heterocycles. The first-order valence-electron chi connectivity index (χ1n) is 9.02. The van der Waals surface area contributed by atoms with Gasteiger partial charge in [0.25, 0.3) is 5.91 Å². The van der Waals surface area contributed by atoms with Gasteiger partial charge < -0.3 is 19.7 Å². The standard InChI is InChI=1S/C19H25N5O3/c1-26-16-3-5-17(6-4-16)27-15-18(25)20-9-10-23-11-13-24(14-12-23)19-21-7-2-8-22-19/h2-8H,9-15H2,1H3,(H,20,25). The molecule has 3 rings (SSSR count). The van der Waals surface area contributed by atoms with E-state index in [1.165, 1.54) is 0 Å². The SMILES string of the molecule is COc1ccc(OCC(=O)NCCN2CCN(c3ncccn3)CC2)cc1. The first-order valence-corrected chi connectivity index (χ1v) is 9.02. The van der Waals surface area contributed by atoms with Gasteiger partial charge in [0.2, 0.25) is 5.95 Å². The van der Waals surface area contributed by atoms with Gasteiger partial charge in [-0.05, 0) is 30.3 Å². The predicted octanol–water partition coefficient (Wildman–Crippen LogP) is 0.802. The number of carbonyl (C=O) groups is 1. The molecule has 1 fully saturated rings. The maximum atomic E-state index is 11.9. The van der Waals surface area contributed by atoms with Gasteiger partial charge in [-0.25, -0.2) is 9.97 Å². The fourth-order valence-electron chi connectivity index (χ4n) is 2.85. The highest BCUT2D eigenvalue weighted by Crippen LogP contribution is 2.16. The van der Waals surface area contributed by atoms with Crippen molar-refractivity contribution >= 4 is 11.9 Å². The van der Waals surface area contributed by atoms with Crippen LogP contribution >= 0.6 is 0 Å². The lowest BCUT2D eigenvalue weighted by atomic mass is 10.3. The predicted molar refractivity (Wildman–Crippen MR) is 102 cm³/mol. The van der Waals surface area contributed by atoms with Gasteiger partial charge >= 0.3 is 0 Å². The van der Waals surface area contributed by atoms with Crippen molar-refractivity contribution in [2.24, 2.45) is 0 Å². The number of nitrogens with one attached hydrogen (secondary N) is 1. The van der Waals surface area contributed by atoms with E-state index in [4.69, 9.17) is 9.47 Å². The molecule has 0 saturated carbocycles. The summed E-state index contributed by atoms with van der Waals surface area (Å²) in [5, 5.41) is 2.90. The van der Waals surface area contributed by atoms with Crippen LogP contribution in [0.4, 0.5) is 5.95 Å². The Morgan fingerprint density at radius 2 is 1.74 bits per heavy atom. The fourth-order valence-corrected chi connectivity index (χ4v) is 2.85. The van der Waals surface area contributed by atoms with Crippen LogP contribution in [-0.4, -0.2) is 73.8 Å². The first kappa shape index (κ1) is 18.9. The molecule has 2 aromatic rings. The lowest BCUT2D eigenvalue weighted by Gasteiger charge is -2.34. The summed E-state index contributed by atoms with van der Waals surface area (Å²) in [5.41, 5.74) is 0. The van der Waals surface area contributed by atoms with Crippen molar-refractivity contribution in [3.63, 3.8) is 0 Å². The smallest absolute Gasteiger partial charge is 0.257 e. The molecule has 1 N–H and O–H groups in total. The Morgan fingerprint density at radius 3 is 2.41 bits per heavy atom. The van der Waals surface area contributed by atoms with Gasteiger partial charge in [0.15, 0.2) is 6.61 Å². The number of hydrogen-bond donors (Lipinski definition) is 1. The zero-order chi connectivity index (χ0) is 18.9. The van der Waals surface area contributed by atoms with Crippen LogP contribution in [-0.2, 0) is 4.79 Å². The summed E-state index contributed by atoms with van der Waals surface area (Å²) < 4.78 is 10.6. The topological polar surface area (TPSA) is 79.8 Å². The molecule has 0 unspecified atom stereocenters. The van der Waals surface area contributed by atoms with Crippen LogP contribution in [0, 0.1) is 0 Å². The number of nitrogens with zero attached hydrogens (tertiary/aromatic N) is 4. The van der Waals surface area contributed by atoms with E-state index in [-0.39, 0.29) is 12.5 Å². The number of hydrogen-bond acceptors (Lipinski definition) is 7. The van der Waals surface area contributed by atoms with E-state index in [1.54, 1.807) is 43.8 Å². The molecule has 0 radical (unpaired) electrons. The summed E-state index contributed by atoms with van der Waals surface area (Å²) in [6.07, 6.45) is 3.52. The van der Waals surface area contributed by atoms with Crippen molar-refractivity contribution in [1.82, 2.24) is 20.2 Å². The third-order valence-electron chi connectivity index (χ3n) is 4.39. The van der Waals surface area contributed by atoms with Crippen LogP contribution < -0.4 is 19.7 Å². The van der Waals surface area contributed by atoms with E-state index >= 15 is 0 Å². The third-order valence-corrected chi connectivity index (χ3v) is 4.39. The van der Waals surface area contributed by atoms with Crippen molar-refractivity contribution in [2.75, 3.05) is 57.9 Å². The van der Waals surface area contributed by atoms with Crippen LogP contribution in [0.15, 0.2) is 42.7 Å². The average molecular weight is 371 g/mol. The summed E-state index contributed by atoms with van der Waals surface area (Å²) in [5.74, 6) is 2.05. The highest BCUT2D eigenvalue weighted by molar-refractivity contribution is 5.77. The zero-order valence-corrected chi connectivity index (χ0v) is 15.5. The van der Waals surface area contributed by atoms with E-state index in [0.29, 0.717) is 12.3 Å². The summed E-state index contributed by atoms with van der Waals surface area (Å²) in [6.45, 7) is 5.06. The maximum Gasteiger partial charge on any atom is 0.257 e. The highest BCUT2D eigenvalue weighted by Gasteiger charge is 2.18. The molecular formula is C19H25N5O3. The quantitative estimate of drug-likeness (QED) is 0.735. The van der Waals surface area contributed by atoms with Crippen molar-refractivity contribution in [3.8, 4) is 11.5 Å². The molecule has 27 heavy (non-hydrogen) atoms. The minimum absolute atomic E-state index is 0.00541. The molecule has 8 nitrogen and oxygen atoms in total. The van der Waals surface area contributed by atoms with Gasteiger partial charge in [0.05, 0.1) is 7.11 Å². The van der Waals surface area contributed by atoms with Gasteiger partial charge in [0.1, 0.15) is 11.5 Å². The van der Waals surface area contributed by atoms with Gasteiger partial charge in [-0.3, -0.25) is 9.69 Å². The van der Waals surface area contributed by atoms with E-state index in [9.17, 15) is 4.79 Å². The van der Waals surface area contributed by atoms with E-state index < -0.39 is 0 Å².